The number of hydrogen-bond acceptors (Lipinski definition) is 5. The van der Waals surface area contributed by atoms with Gasteiger partial charge >= 0.3 is 0 Å². The Hall–Kier alpha value is -2.64. The Morgan fingerprint density at radius 3 is 2.90 bits per heavy atom. The zero-order valence-electron chi connectivity index (χ0n) is 16.3. The van der Waals surface area contributed by atoms with Crippen molar-refractivity contribution in [2.75, 3.05) is 11.4 Å². The average molecular weight is 445 g/mol. The fourth-order valence-electron chi connectivity index (χ4n) is 3.66. The SMILES string of the molecule is O=C(CC1CCCCN1c1ccnc(-n2ccnc2)n1)NCc1ccc(Cl)cc1Cl. The van der Waals surface area contributed by atoms with Crippen molar-refractivity contribution < 1.29 is 4.79 Å². The molecule has 0 saturated carbocycles. The number of hydrogen-bond donors (Lipinski definition) is 1. The predicted molar refractivity (Wildman–Crippen MR) is 117 cm³/mol. The summed E-state index contributed by atoms with van der Waals surface area (Å²) in [6.07, 6.45) is 10.4. The zero-order chi connectivity index (χ0) is 20.9. The van der Waals surface area contributed by atoms with Crippen LogP contribution in [0.15, 0.2) is 49.2 Å². The van der Waals surface area contributed by atoms with Crippen molar-refractivity contribution in [3.05, 3.63) is 64.8 Å². The molecule has 2 aromatic heterocycles. The van der Waals surface area contributed by atoms with E-state index in [2.05, 4.69) is 25.2 Å². The number of piperidine rings is 1. The molecule has 0 spiro atoms. The second-order valence-electron chi connectivity index (χ2n) is 7.24. The fourth-order valence-corrected chi connectivity index (χ4v) is 4.14. The number of nitrogens with one attached hydrogen (secondary N) is 1. The Morgan fingerprint density at radius 2 is 2.10 bits per heavy atom. The average Bonchev–Trinajstić information content (AvgIpc) is 3.29. The second kappa shape index (κ2) is 9.45. The maximum Gasteiger partial charge on any atom is 0.236 e. The maximum absolute atomic E-state index is 12.6. The molecule has 1 aromatic carbocycles. The first-order valence-corrected chi connectivity index (χ1v) is 10.6. The van der Waals surface area contributed by atoms with Crippen LogP contribution in [0, 0.1) is 0 Å². The van der Waals surface area contributed by atoms with Gasteiger partial charge in [-0.15, -0.1) is 0 Å². The molecule has 1 aliphatic rings. The standard InChI is InChI=1S/C21H22Cl2N6O/c22-16-5-4-15(18(23)11-16)13-26-20(30)12-17-3-1-2-9-29(17)19-6-7-25-21(27-19)28-10-8-24-14-28/h4-8,10-11,14,17H,1-3,9,12-13H2,(H,26,30). The molecule has 1 unspecified atom stereocenters. The van der Waals surface area contributed by atoms with Gasteiger partial charge in [0.05, 0.1) is 0 Å². The van der Waals surface area contributed by atoms with Crippen LogP contribution in [0.25, 0.3) is 5.95 Å². The molecule has 1 atom stereocenters. The van der Waals surface area contributed by atoms with Crippen LogP contribution in [0.2, 0.25) is 10.0 Å². The Balaban J connectivity index is 1.42. The van der Waals surface area contributed by atoms with E-state index in [4.69, 9.17) is 23.2 Å². The van der Waals surface area contributed by atoms with Crippen molar-refractivity contribution in [1.29, 1.82) is 0 Å². The number of nitrogens with zero attached hydrogens (tertiary/aromatic N) is 5. The quantitative estimate of drug-likeness (QED) is 0.620. The molecule has 1 saturated heterocycles. The van der Waals surface area contributed by atoms with Gasteiger partial charge in [-0.25, -0.2) is 9.97 Å². The highest BCUT2D eigenvalue weighted by Gasteiger charge is 2.26. The van der Waals surface area contributed by atoms with Gasteiger partial charge < -0.3 is 10.2 Å². The van der Waals surface area contributed by atoms with Crippen LogP contribution in [-0.2, 0) is 11.3 Å². The van der Waals surface area contributed by atoms with E-state index < -0.39 is 0 Å². The topological polar surface area (TPSA) is 75.9 Å². The molecule has 3 aromatic rings. The highest BCUT2D eigenvalue weighted by molar-refractivity contribution is 6.35. The number of benzene rings is 1. The summed E-state index contributed by atoms with van der Waals surface area (Å²) in [6.45, 7) is 1.24. The lowest BCUT2D eigenvalue weighted by Gasteiger charge is -2.36. The van der Waals surface area contributed by atoms with Crippen LogP contribution in [0.3, 0.4) is 0 Å². The van der Waals surface area contributed by atoms with E-state index >= 15 is 0 Å². The van der Waals surface area contributed by atoms with Crippen LogP contribution in [0.5, 0.6) is 0 Å². The van der Waals surface area contributed by atoms with Crippen LogP contribution in [0.1, 0.15) is 31.2 Å². The van der Waals surface area contributed by atoms with Gasteiger partial charge in [0.1, 0.15) is 12.1 Å². The van der Waals surface area contributed by atoms with Gasteiger partial charge in [0.25, 0.3) is 0 Å². The lowest BCUT2D eigenvalue weighted by molar-refractivity contribution is -0.121. The van der Waals surface area contributed by atoms with Gasteiger partial charge in [-0.1, -0.05) is 29.3 Å². The third-order valence-electron chi connectivity index (χ3n) is 5.20. The number of rotatable bonds is 6. The number of halogens is 2. The maximum atomic E-state index is 12.6. The Kier molecular flexibility index (Phi) is 6.50. The molecule has 30 heavy (non-hydrogen) atoms. The molecule has 4 rings (SSSR count). The molecule has 0 radical (unpaired) electrons. The van der Waals surface area contributed by atoms with E-state index in [1.807, 2.05) is 18.3 Å². The molecule has 1 aliphatic heterocycles. The highest BCUT2D eigenvalue weighted by Crippen LogP contribution is 2.26. The lowest BCUT2D eigenvalue weighted by atomic mass is 9.99. The number of aromatic nitrogens is 4. The van der Waals surface area contributed by atoms with Gasteiger partial charge in [0.2, 0.25) is 11.9 Å². The smallest absolute Gasteiger partial charge is 0.236 e. The summed E-state index contributed by atoms with van der Waals surface area (Å²) in [5, 5.41) is 4.10. The number of anilines is 1. The molecule has 7 nitrogen and oxygen atoms in total. The zero-order valence-corrected chi connectivity index (χ0v) is 17.9. The van der Waals surface area contributed by atoms with E-state index in [9.17, 15) is 4.79 Å². The van der Waals surface area contributed by atoms with Gasteiger partial charge in [0.15, 0.2) is 0 Å². The molecule has 9 heteroatoms. The summed E-state index contributed by atoms with van der Waals surface area (Å²) in [4.78, 5) is 27.9. The van der Waals surface area contributed by atoms with Crippen molar-refractivity contribution in [2.45, 2.75) is 38.3 Å². The summed E-state index contributed by atoms with van der Waals surface area (Å²) >= 11 is 12.1. The van der Waals surface area contributed by atoms with E-state index in [1.54, 1.807) is 35.4 Å². The first-order valence-electron chi connectivity index (χ1n) is 9.89. The van der Waals surface area contributed by atoms with Gasteiger partial charge in [-0.3, -0.25) is 9.36 Å². The van der Waals surface area contributed by atoms with Gasteiger partial charge in [0, 0.05) is 54.2 Å². The van der Waals surface area contributed by atoms with E-state index in [0.717, 1.165) is 37.2 Å². The number of carbonyl (C=O) groups is 1. The first kappa shape index (κ1) is 20.6. The van der Waals surface area contributed by atoms with Gasteiger partial charge in [-0.05, 0) is 43.0 Å². The number of carbonyl (C=O) groups excluding carboxylic acids is 1. The van der Waals surface area contributed by atoms with Crippen molar-refractivity contribution in [3.63, 3.8) is 0 Å². The molecule has 1 N–H and O–H groups in total. The van der Waals surface area contributed by atoms with Crippen molar-refractivity contribution in [3.8, 4) is 5.95 Å². The van der Waals surface area contributed by atoms with E-state index in [1.165, 1.54) is 0 Å². The van der Waals surface area contributed by atoms with Crippen molar-refractivity contribution >= 4 is 34.9 Å². The molecule has 0 bridgehead atoms. The minimum atomic E-state index is -0.0122. The molecule has 0 aliphatic carbocycles. The van der Waals surface area contributed by atoms with Crippen LogP contribution >= 0.6 is 23.2 Å². The normalized spacial score (nSPS) is 16.5. The monoisotopic (exact) mass is 444 g/mol. The summed E-state index contributed by atoms with van der Waals surface area (Å²) < 4.78 is 1.77. The Labute approximate surface area is 185 Å². The number of imidazole rings is 1. The van der Waals surface area contributed by atoms with Crippen molar-refractivity contribution in [2.24, 2.45) is 0 Å². The van der Waals surface area contributed by atoms with Gasteiger partial charge in [-0.2, -0.15) is 4.98 Å². The Morgan fingerprint density at radius 1 is 1.20 bits per heavy atom. The molecular formula is C21H22Cl2N6O. The minimum absolute atomic E-state index is 0.0122. The van der Waals surface area contributed by atoms with E-state index in [-0.39, 0.29) is 11.9 Å². The highest BCUT2D eigenvalue weighted by atomic mass is 35.5. The third-order valence-corrected chi connectivity index (χ3v) is 5.78. The van der Waals surface area contributed by atoms with Crippen LogP contribution < -0.4 is 10.2 Å². The summed E-state index contributed by atoms with van der Waals surface area (Å²) in [5.41, 5.74) is 0.843. The fraction of sp³-hybridized carbons (Fsp3) is 0.333. The predicted octanol–water partition coefficient (Wildman–Crippen LogP) is 4.03. The third kappa shape index (κ3) is 4.91. The Bertz CT molecular complexity index is 1010. The lowest BCUT2D eigenvalue weighted by Crippen LogP contribution is -2.43. The van der Waals surface area contributed by atoms with Crippen LogP contribution in [-0.4, -0.2) is 38.0 Å². The molecule has 156 valence electrons. The summed E-state index contributed by atoms with van der Waals surface area (Å²) in [6, 6.07) is 7.26. The summed E-state index contributed by atoms with van der Waals surface area (Å²) in [7, 11) is 0. The molecule has 1 fully saturated rings. The summed E-state index contributed by atoms with van der Waals surface area (Å²) in [5.74, 6) is 1.38. The largest absolute Gasteiger partial charge is 0.353 e. The van der Waals surface area contributed by atoms with Crippen LogP contribution in [0.4, 0.5) is 5.82 Å². The second-order valence-corrected chi connectivity index (χ2v) is 8.09. The minimum Gasteiger partial charge on any atom is -0.353 e. The number of amides is 1. The van der Waals surface area contributed by atoms with E-state index in [0.29, 0.717) is 29.0 Å². The molecule has 1 amide bonds. The molecular weight excluding hydrogens is 423 g/mol. The first-order chi connectivity index (χ1) is 14.6. The molecule has 3 heterocycles. The van der Waals surface area contributed by atoms with Crippen molar-refractivity contribution in [1.82, 2.24) is 24.8 Å².